The van der Waals surface area contributed by atoms with Gasteiger partial charge < -0.3 is 15.4 Å². The summed E-state index contributed by atoms with van der Waals surface area (Å²) in [5.74, 6) is -1.72. The number of halogens is 1. The Morgan fingerprint density at radius 2 is 1.72 bits per heavy atom. The molecule has 0 aliphatic heterocycles. The average molecular weight is 418 g/mol. The number of aryl methyl sites for hydroxylation is 1. The maximum absolute atomic E-state index is 12.9. The first-order valence-corrected chi connectivity index (χ1v) is 10.0. The Morgan fingerprint density at radius 1 is 1.03 bits per heavy atom. The zero-order valence-corrected chi connectivity index (χ0v) is 17.3. The molecular weight excluding hydrogens is 395 g/mol. The zero-order chi connectivity index (χ0) is 21.4. The number of esters is 1. The molecule has 2 N–H and O–H groups in total. The molecule has 1 atom stereocenters. The molecule has 154 valence electrons. The van der Waals surface area contributed by atoms with Gasteiger partial charge in [0.15, 0.2) is 6.61 Å². The summed E-state index contributed by atoms with van der Waals surface area (Å²) in [4.78, 5) is 36.0. The molecule has 0 fully saturated rings. The normalized spacial score (nSPS) is 11.4. The van der Waals surface area contributed by atoms with E-state index in [1.165, 1.54) is 24.3 Å². The van der Waals surface area contributed by atoms with Crippen LogP contribution in [0.2, 0.25) is 0 Å². The number of rotatable bonds is 8. The lowest BCUT2D eigenvalue weighted by molar-refractivity contribution is -0.146. The van der Waals surface area contributed by atoms with Gasteiger partial charge in [0.25, 0.3) is 5.91 Å². The van der Waals surface area contributed by atoms with Crippen LogP contribution in [0.5, 0.6) is 0 Å². The number of nitrogens with one attached hydrogen (secondary N) is 2. The van der Waals surface area contributed by atoms with Gasteiger partial charge in [0.2, 0.25) is 5.91 Å². The lowest BCUT2D eigenvalue weighted by atomic mass is 10.1. The van der Waals surface area contributed by atoms with Gasteiger partial charge in [-0.25, -0.2) is 4.39 Å². The number of carbonyl (C=O) groups is 3. The molecule has 8 heteroatoms. The molecule has 2 aromatic carbocycles. The van der Waals surface area contributed by atoms with Crippen LogP contribution in [0.1, 0.15) is 18.1 Å². The topological polar surface area (TPSA) is 84.5 Å². The van der Waals surface area contributed by atoms with Gasteiger partial charge >= 0.3 is 5.97 Å². The van der Waals surface area contributed by atoms with E-state index in [9.17, 15) is 18.8 Å². The molecule has 2 rings (SSSR count). The average Bonchev–Trinajstić information content (AvgIpc) is 2.69. The summed E-state index contributed by atoms with van der Waals surface area (Å²) in [7, 11) is 0. The Balaban J connectivity index is 1.72. The van der Waals surface area contributed by atoms with E-state index >= 15 is 0 Å². The molecule has 0 unspecified atom stereocenters. The van der Waals surface area contributed by atoms with E-state index in [4.69, 9.17) is 4.74 Å². The standard InChI is InChI=1S/C21H23FN2O4S/c1-13-5-4-6-18(14(13)2)24-19(25)11-28-21(27)15(3)29-12-20(26)23-17-9-7-16(22)8-10-17/h4-10,15H,11-12H2,1-3H3,(H,23,26)(H,24,25)/t15-/m0/s1. The van der Waals surface area contributed by atoms with Gasteiger partial charge in [0.1, 0.15) is 11.1 Å². The highest BCUT2D eigenvalue weighted by molar-refractivity contribution is 8.01. The van der Waals surface area contributed by atoms with Gasteiger partial charge in [-0.05, 0) is 62.2 Å². The lowest BCUT2D eigenvalue weighted by Crippen LogP contribution is -2.26. The number of hydrogen-bond acceptors (Lipinski definition) is 5. The number of hydrogen-bond donors (Lipinski definition) is 2. The molecule has 2 aromatic rings. The molecule has 0 aromatic heterocycles. The summed E-state index contributed by atoms with van der Waals surface area (Å²) in [6.45, 7) is 5.03. The lowest BCUT2D eigenvalue weighted by Gasteiger charge is -2.13. The summed E-state index contributed by atoms with van der Waals surface area (Å²) in [6.07, 6.45) is 0. The van der Waals surface area contributed by atoms with E-state index in [-0.39, 0.29) is 11.7 Å². The van der Waals surface area contributed by atoms with Crippen molar-refractivity contribution in [2.75, 3.05) is 23.0 Å². The molecule has 0 spiro atoms. The highest BCUT2D eigenvalue weighted by Gasteiger charge is 2.18. The molecule has 2 amide bonds. The van der Waals surface area contributed by atoms with Crippen molar-refractivity contribution in [2.45, 2.75) is 26.0 Å². The highest BCUT2D eigenvalue weighted by atomic mass is 32.2. The van der Waals surface area contributed by atoms with Crippen molar-refractivity contribution >= 4 is 40.9 Å². The predicted molar refractivity (Wildman–Crippen MR) is 112 cm³/mol. The van der Waals surface area contributed by atoms with Crippen LogP contribution in [0.25, 0.3) is 0 Å². The first kappa shape index (κ1) is 22.4. The number of benzene rings is 2. The molecule has 6 nitrogen and oxygen atoms in total. The van der Waals surface area contributed by atoms with Crippen molar-refractivity contribution in [1.82, 2.24) is 0 Å². The van der Waals surface area contributed by atoms with Crippen LogP contribution in [0, 0.1) is 19.7 Å². The smallest absolute Gasteiger partial charge is 0.319 e. The molecule has 0 heterocycles. The maximum atomic E-state index is 12.9. The third kappa shape index (κ3) is 7.23. The van der Waals surface area contributed by atoms with Crippen LogP contribution in [0.15, 0.2) is 42.5 Å². The molecule has 0 saturated heterocycles. The van der Waals surface area contributed by atoms with E-state index in [2.05, 4.69) is 10.6 Å². The Labute approximate surface area is 173 Å². The second kappa shape index (κ2) is 10.6. The minimum absolute atomic E-state index is 0.0162. The van der Waals surface area contributed by atoms with Crippen molar-refractivity contribution in [3.63, 3.8) is 0 Å². The Bertz CT molecular complexity index is 887. The molecule has 0 bridgehead atoms. The molecule has 0 aliphatic carbocycles. The van der Waals surface area contributed by atoms with E-state index in [1.807, 2.05) is 26.0 Å². The van der Waals surface area contributed by atoms with Crippen molar-refractivity contribution in [3.05, 3.63) is 59.4 Å². The van der Waals surface area contributed by atoms with Crippen LogP contribution < -0.4 is 10.6 Å². The second-order valence-electron chi connectivity index (χ2n) is 6.41. The van der Waals surface area contributed by atoms with Gasteiger partial charge in [0, 0.05) is 11.4 Å². The quantitative estimate of drug-likeness (QED) is 0.639. The van der Waals surface area contributed by atoms with Crippen molar-refractivity contribution in [1.29, 1.82) is 0 Å². The van der Waals surface area contributed by atoms with Crippen LogP contribution in [-0.2, 0) is 19.1 Å². The molecule has 0 aliphatic rings. The third-order valence-corrected chi connectivity index (χ3v) is 5.27. The first-order chi connectivity index (χ1) is 13.8. The number of carbonyl (C=O) groups excluding carboxylic acids is 3. The van der Waals surface area contributed by atoms with E-state index in [0.29, 0.717) is 11.4 Å². The predicted octanol–water partition coefficient (Wildman–Crippen LogP) is 3.68. The summed E-state index contributed by atoms with van der Waals surface area (Å²) < 4.78 is 17.9. The third-order valence-electron chi connectivity index (χ3n) is 4.15. The van der Waals surface area contributed by atoms with Crippen molar-refractivity contribution in [2.24, 2.45) is 0 Å². The monoisotopic (exact) mass is 418 g/mol. The SMILES string of the molecule is Cc1cccc(NC(=O)COC(=O)[C@H](C)SCC(=O)Nc2ccc(F)cc2)c1C. The molecular formula is C21H23FN2O4S. The Morgan fingerprint density at radius 3 is 2.41 bits per heavy atom. The largest absolute Gasteiger partial charge is 0.455 e. The fourth-order valence-corrected chi connectivity index (χ4v) is 3.00. The summed E-state index contributed by atoms with van der Waals surface area (Å²) >= 11 is 1.08. The van der Waals surface area contributed by atoms with Crippen LogP contribution in [0.3, 0.4) is 0 Å². The van der Waals surface area contributed by atoms with Crippen LogP contribution in [0.4, 0.5) is 15.8 Å². The molecule has 0 saturated carbocycles. The molecule has 0 radical (unpaired) electrons. The van der Waals surface area contributed by atoms with Crippen molar-refractivity contribution in [3.8, 4) is 0 Å². The molecule has 29 heavy (non-hydrogen) atoms. The van der Waals surface area contributed by atoms with Crippen LogP contribution >= 0.6 is 11.8 Å². The van der Waals surface area contributed by atoms with E-state index < -0.39 is 29.6 Å². The van der Waals surface area contributed by atoms with Gasteiger partial charge in [-0.1, -0.05) is 12.1 Å². The number of amides is 2. The van der Waals surface area contributed by atoms with E-state index in [1.54, 1.807) is 13.0 Å². The van der Waals surface area contributed by atoms with Gasteiger partial charge in [-0.15, -0.1) is 11.8 Å². The zero-order valence-electron chi connectivity index (χ0n) is 16.5. The maximum Gasteiger partial charge on any atom is 0.319 e. The minimum atomic E-state index is -0.623. The first-order valence-electron chi connectivity index (χ1n) is 8.96. The number of ether oxygens (including phenoxy) is 1. The summed E-state index contributed by atoms with van der Waals surface area (Å²) in [5, 5.41) is 4.70. The fraction of sp³-hybridized carbons (Fsp3) is 0.286. The number of anilines is 2. The number of thioether (sulfide) groups is 1. The summed E-state index contributed by atoms with van der Waals surface area (Å²) in [6, 6.07) is 10.9. The van der Waals surface area contributed by atoms with Crippen LogP contribution in [-0.4, -0.2) is 35.4 Å². The van der Waals surface area contributed by atoms with Gasteiger partial charge in [-0.3, -0.25) is 14.4 Å². The second-order valence-corrected chi connectivity index (χ2v) is 7.74. The van der Waals surface area contributed by atoms with E-state index in [0.717, 1.165) is 22.9 Å². The minimum Gasteiger partial charge on any atom is -0.455 e. The van der Waals surface area contributed by atoms with Gasteiger partial charge in [0.05, 0.1) is 5.75 Å². The summed E-state index contributed by atoms with van der Waals surface area (Å²) in [5.41, 5.74) is 3.13. The Kier molecular flexibility index (Phi) is 8.21. The van der Waals surface area contributed by atoms with Gasteiger partial charge in [-0.2, -0.15) is 0 Å². The van der Waals surface area contributed by atoms with Crippen molar-refractivity contribution < 1.29 is 23.5 Å². The Hall–Kier alpha value is -2.87. The fourth-order valence-electron chi connectivity index (χ4n) is 2.33. The highest BCUT2D eigenvalue weighted by Crippen LogP contribution is 2.18.